The van der Waals surface area contributed by atoms with E-state index in [-0.39, 0.29) is 12.1 Å². The van der Waals surface area contributed by atoms with Crippen LogP contribution in [0.3, 0.4) is 0 Å². The van der Waals surface area contributed by atoms with Crippen molar-refractivity contribution in [2.75, 3.05) is 6.54 Å². The van der Waals surface area contributed by atoms with Gasteiger partial charge in [0.05, 0.1) is 12.2 Å². The van der Waals surface area contributed by atoms with E-state index in [4.69, 9.17) is 5.73 Å². The number of aryl methyl sites for hydroxylation is 1. The van der Waals surface area contributed by atoms with Crippen LogP contribution in [0.15, 0.2) is 12.4 Å². The van der Waals surface area contributed by atoms with Crippen LogP contribution in [-0.2, 0) is 7.05 Å². The molecule has 2 atom stereocenters. The maximum Gasteiger partial charge on any atom is 0.0538 e. The standard InChI is InChI=1S/C16H32N4/c1-6-8-9-10-20(13(3)4)16(15(17)7-2)14-11-18-19(5)12-14/h11-13,15-16H,6-10,17H2,1-5H3. The highest BCUT2D eigenvalue weighted by molar-refractivity contribution is 5.13. The Balaban J connectivity index is 2.93. The van der Waals surface area contributed by atoms with Crippen molar-refractivity contribution < 1.29 is 0 Å². The van der Waals surface area contributed by atoms with E-state index >= 15 is 0 Å². The summed E-state index contributed by atoms with van der Waals surface area (Å²) < 4.78 is 1.87. The van der Waals surface area contributed by atoms with Gasteiger partial charge in [-0.05, 0) is 33.2 Å². The summed E-state index contributed by atoms with van der Waals surface area (Å²) in [4.78, 5) is 2.54. The first kappa shape index (κ1) is 17.2. The van der Waals surface area contributed by atoms with Crippen LogP contribution in [0.2, 0.25) is 0 Å². The molecule has 0 saturated heterocycles. The molecule has 0 aliphatic rings. The number of nitrogens with zero attached hydrogens (tertiary/aromatic N) is 3. The summed E-state index contributed by atoms with van der Waals surface area (Å²) in [5.74, 6) is 0. The van der Waals surface area contributed by atoms with E-state index in [0.717, 1.165) is 13.0 Å². The second kappa shape index (κ2) is 8.42. The molecule has 0 aromatic carbocycles. The zero-order valence-corrected chi connectivity index (χ0v) is 13.8. The van der Waals surface area contributed by atoms with Crippen LogP contribution in [-0.4, -0.2) is 33.3 Å². The van der Waals surface area contributed by atoms with Crippen LogP contribution < -0.4 is 5.73 Å². The van der Waals surface area contributed by atoms with Crippen molar-refractivity contribution in [1.82, 2.24) is 14.7 Å². The van der Waals surface area contributed by atoms with Crippen molar-refractivity contribution in [3.05, 3.63) is 18.0 Å². The Labute approximate surface area is 124 Å². The first-order valence-electron chi connectivity index (χ1n) is 8.01. The normalized spacial score (nSPS) is 15.0. The van der Waals surface area contributed by atoms with E-state index in [1.54, 1.807) is 0 Å². The first-order chi connectivity index (χ1) is 9.51. The summed E-state index contributed by atoms with van der Waals surface area (Å²) in [5, 5.41) is 4.33. The average Bonchev–Trinajstić information content (AvgIpc) is 2.83. The van der Waals surface area contributed by atoms with Crippen LogP contribution in [0.5, 0.6) is 0 Å². The fourth-order valence-electron chi connectivity index (χ4n) is 2.76. The quantitative estimate of drug-likeness (QED) is 0.707. The smallest absolute Gasteiger partial charge is 0.0538 e. The molecule has 0 spiro atoms. The molecule has 116 valence electrons. The van der Waals surface area contributed by atoms with Crippen molar-refractivity contribution in [2.45, 2.75) is 71.5 Å². The van der Waals surface area contributed by atoms with E-state index in [9.17, 15) is 0 Å². The molecule has 0 fully saturated rings. The van der Waals surface area contributed by atoms with Crippen LogP contribution in [0.1, 0.15) is 65.0 Å². The maximum atomic E-state index is 6.42. The number of aromatic nitrogens is 2. The Kier molecular flexibility index (Phi) is 7.24. The Bertz CT molecular complexity index is 372. The highest BCUT2D eigenvalue weighted by Gasteiger charge is 2.28. The molecule has 0 bridgehead atoms. The Hall–Kier alpha value is -0.870. The van der Waals surface area contributed by atoms with Crippen molar-refractivity contribution in [3.63, 3.8) is 0 Å². The highest BCUT2D eigenvalue weighted by atomic mass is 15.3. The van der Waals surface area contributed by atoms with E-state index in [2.05, 4.69) is 43.9 Å². The molecule has 2 unspecified atom stereocenters. The fraction of sp³-hybridized carbons (Fsp3) is 0.812. The number of rotatable bonds is 9. The van der Waals surface area contributed by atoms with E-state index in [1.165, 1.54) is 24.8 Å². The number of unbranched alkanes of at least 4 members (excludes halogenated alkanes) is 2. The minimum atomic E-state index is 0.156. The lowest BCUT2D eigenvalue weighted by molar-refractivity contribution is 0.127. The van der Waals surface area contributed by atoms with Crippen LogP contribution in [0, 0.1) is 0 Å². The highest BCUT2D eigenvalue weighted by Crippen LogP contribution is 2.27. The number of nitrogens with two attached hydrogens (primary N) is 1. The minimum absolute atomic E-state index is 0.156. The largest absolute Gasteiger partial charge is 0.326 e. The molecule has 0 amide bonds. The monoisotopic (exact) mass is 280 g/mol. The van der Waals surface area contributed by atoms with Crippen LogP contribution >= 0.6 is 0 Å². The van der Waals surface area contributed by atoms with E-state index in [1.807, 2.05) is 17.9 Å². The zero-order valence-electron chi connectivity index (χ0n) is 13.8. The minimum Gasteiger partial charge on any atom is -0.326 e. The molecule has 0 aliphatic heterocycles. The van der Waals surface area contributed by atoms with Gasteiger partial charge in [0.15, 0.2) is 0 Å². The van der Waals surface area contributed by atoms with Crippen molar-refractivity contribution in [3.8, 4) is 0 Å². The summed E-state index contributed by atoms with van der Waals surface area (Å²) in [5.41, 5.74) is 7.67. The van der Waals surface area contributed by atoms with Crippen molar-refractivity contribution in [1.29, 1.82) is 0 Å². The topological polar surface area (TPSA) is 47.1 Å². The molecule has 1 heterocycles. The molecule has 20 heavy (non-hydrogen) atoms. The third-order valence-corrected chi connectivity index (χ3v) is 3.98. The van der Waals surface area contributed by atoms with E-state index < -0.39 is 0 Å². The molecule has 0 aliphatic carbocycles. The van der Waals surface area contributed by atoms with Gasteiger partial charge in [-0.1, -0.05) is 26.7 Å². The van der Waals surface area contributed by atoms with Crippen LogP contribution in [0.25, 0.3) is 0 Å². The summed E-state index contributed by atoms with van der Waals surface area (Å²) in [6.07, 6.45) is 8.83. The summed E-state index contributed by atoms with van der Waals surface area (Å²) in [7, 11) is 1.97. The fourth-order valence-corrected chi connectivity index (χ4v) is 2.76. The lowest BCUT2D eigenvalue weighted by Gasteiger charge is -2.37. The second-order valence-corrected chi connectivity index (χ2v) is 6.00. The third-order valence-electron chi connectivity index (χ3n) is 3.98. The predicted molar refractivity (Wildman–Crippen MR) is 85.6 cm³/mol. The van der Waals surface area contributed by atoms with Gasteiger partial charge >= 0.3 is 0 Å². The Morgan fingerprint density at radius 2 is 2.00 bits per heavy atom. The molecule has 1 aromatic heterocycles. The third kappa shape index (κ3) is 4.60. The lowest BCUT2D eigenvalue weighted by Crippen LogP contribution is -2.44. The zero-order chi connectivity index (χ0) is 15.1. The molecular weight excluding hydrogens is 248 g/mol. The molecule has 4 heteroatoms. The van der Waals surface area contributed by atoms with Gasteiger partial charge in [-0.15, -0.1) is 0 Å². The summed E-state index contributed by atoms with van der Waals surface area (Å²) in [6, 6.07) is 0.920. The van der Waals surface area contributed by atoms with Crippen molar-refractivity contribution >= 4 is 0 Å². The molecule has 2 N–H and O–H groups in total. The van der Waals surface area contributed by atoms with Gasteiger partial charge in [0.2, 0.25) is 0 Å². The Morgan fingerprint density at radius 1 is 1.30 bits per heavy atom. The van der Waals surface area contributed by atoms with Gasteiger partial charge in [-0.25, -0.2) is 0 Å². The van der Waals surface area contributed by atoms with Crippen LogP contribution in [0.4, 0.5) is 0 Å². The van der Waals surface area contributed by atoms with Gasteiger partial charge in [0.1, 0.15) is 0 Å². The molecular formula is C16H32N4. The molecule has 0 saturated carbocycles. The number of hydrogen-bond acceptors (Lipinski definition) is 3. The maximum absolute atomic E-state index is 6.42. The SMILES string of the molecule is CCCCCN(C(C)C)C(c1cnn(C)c1)C(N)CC. The van der Waals surface area contributed by atoms with Crippen molar-refractivity contribution in [2.24, 2.45) is 12.8 Å². The molecule has 0 radical (unpaired) electrons. The average molecular weight is 280 g/mol. The van der Waals surface area contributed by atoms with E-state index in [0.29, 0.717) is 6.04 Å². The summed E-state index contributed by atoms with van der Waals surface area (Å²) >= 11 is 0. The second-order valence-electron chi connectivity index (χ2n) is 6.00. The summed E-state index contributed by atoms with van der Waals surface area (Å²) in [6.45, 7) is 10.0. The Morgan fingerprint density at radius 3 is 2.45 bits per heavy atom. The van der Waals surface area contributed by atoms with Gasteiger partial charge in [-0.2, -0.15) is 5.10 Å². The first-order valence-corrected chi connectivity index (χ1v) is 8.01. The number of hydrogen-bond donors (Lipinski definition) is 1. The lowest BCUT2D eigenvalue weighted by atomic mass is 9.97. The predicted octanol–water partition coefficient (Wildman–Crippen LogP) is 3.10. The molecule has 1 aromatic rings. The van der Waals surface area contributed by atoms with Gasteiger partial charge in [0, 0.05) is 30.9 Å². The molecule has 1 rings (SSSR count). The van der Waals surface area contributed by atoms with Gasteiger partial charge in [0.25, 0.3) is 0 Å². The van der Waals surface area contributed by atoms with Gasteiger partial charge < -0.3 is 5.73 Å². The van der Waals surface area contributed by atoms with Gasteiger partial charge in [-0.3, -0.25) is 9.58 Å². The molecule has 4 nitrogen and oxygen atoms in total.